The third kappa shape index (κ3) is 13.0. The molecular formula is C39H57N7O6S2. The number of carbonyl (C=O) groups excluding carboxylic acids is 4. The van der Waals surface area contributed by atoms with Gasteiger partial charge in [-0.25, -0.2) is 14.6 Å². The van der Waals surface area contributed by atoms with E-state index in [0.29, 0.717) is 24.1 Å². The molecule has 2 aromatic heterocycles. The van der Waals surface area contributed by atoms with Crippen LogP contribution in [0.1, 0.15) is 105 Å². The molecule has 2 saturated carbocycles. The topological polar surface area (TPSA) is 182 Å². The number of amides is 4. The summed E-state index contributed by atoms with van der Waals surface area (Å²) in [5.41, 5.74) is 7.33. The molecule has 3 heterocycles. The summed E-state index contributed by atoms with van der Waals surface area (Å²) in [7, 11) is 0. The van der Waals surface area contributed by atoms with Crippen molar-refractivity contribution < 1.29 is 23.9 Å². The average Bonchev–Trinajstić information content (AvgIpc) is 3.90. The smallest absolute Gasteiger partial charge is 0.408 e. The van der Waals surface area contributed by atoms with Crippen LogP contribution in [0.4, 0.5) is 4.79 Å². The van der Waals surface area contributed by atoms with Crippen LogP contribution < -0.4 is 21.5 Å². The molecular weight excluding hydrogens is 727 g/mol. The standard InChI is InChI=1S/C14H23NOS.C13H13N3OS.C12H21N3O4/c1-2-3-4-5-6-7-11-10-13(11)14(16)15-17-12-8-9-12;1-8(2)16-10-5-3-4-9(11(10)15-13(16)17)12-14-6-7-18-12;1-12(2,3)19-11(18)14-7-9(16)15-6-4-5-8(15)10(13)17/h6-7,11-13H,2-5,8-10H2,1H3,(H,15,16);3-8H,1-2H3,(H,15,17);8H,4-7H2,1-3H3,(H2,13,17)(H,14,18)/b7-6-;;/t11?,13-;;/m0../s1. The molecule has 6 rings (SSSR count). The number of primary amides is 1. The van der Waals surface area contributed by atoms with Crippen molar-refractivity contribution in [3.8, 4) is 10.6 Å². The molecule has 3 aliphatic rings. The number of nitrogens with two attached hydrogens (primary N) is 1. The maximum Gasteiger partial charge on any atom is 0.408 e. The van der Waals surface area contributed by atoms with E-state index in [0.717, 1.165) is 34.4 Å². The molecule has 0 bridgehead atoms. The van der Waals surface area contributed by atoms with E-state index in [2.05, 4.69) is 39.1 Å². The van der Waals surface area contributed by atoms with E-state index in [-0.39, 0.29) is 36.0 Å². The molecule has 1 saturated heterocycles. The normalized spacial score (nSPS) is 19.2. The summed E-state index contributed by atoms with van der Waals surface area (Å²) in [6.45, 7) is 11.7. The van der Waals surface area contributed by atoms with Crippen LogP contribution in [0, 0.1) is 11.8 Å². The fraction of sp³-hybridized carbons (Fsp3) is 0.590. The van der Waals surface area contributed by atoms with Gasteiger partial charge in [0.25, 0.3) is 0 Å². The number of thiazole rings is 1. The lowest BCUT2D eigenvalue weighted by Gasteiger charge is -2.23. The lowest BCUT2D eigenvalue weighted by molar-refractivity contribution is -0.136. The number of likely N-dealkylation sites (tertiary alicyclic amines) is 1. The number of imidazole rings is 1. The van der Waals surface area contributed by atoms with Crippen molar-refractivity contribution in [2.75, 3.05) is 13.1 Å². The molecule has 2 unspecified atom stereocenters. The second kappa shape index (κ2) is 20.0. The van der Waals surface area contributed by atoms with Crippen molar-refractivity contribution in [3.63, 3.8) is 0 Å². The predicted molar refractivity (Wildman–Crippen MR) is 216 cm³/mol. The molecule has 3 aromatic rings. The molecule has 15 heteroatoms. The molecule has 13 nitrogen and oxygen atoms in total. The number of fused-ring (bicyclic) bond motifs is 1. The third-order valence-electron chi connectivity index (χ3n) is 9.00. The number of rotatable bonds is 13. The van der Waals surface area contributed by atoms with Gasteiger partial charge in [-0.05, 0) is 110 Å². The Morgan fingerprint density at radius 2 is 1.93 bits per heavy atom. The highest BCUT2D eigenvalue weighted by Gasteiger charge is 2.41. The van der Waals surface area contributed by atoms with E-state index in [9.17, 15) is 24.0 Å². The van der Waals surface area contributed by atoms with Crippen LogP contribution in [0.2, 0.25) is 0 Å². The Labute approximate surface area is 326 Å². The first-order valence-corrected chi connectivity index (χ1v) is 20.8. The van der Waals surface area contributed by atoms with Gasteiger partial charge in [0.2, 0.25) is 17.7 Å². The van der Waals surface area contributed by atoms with Gasteiger partial charge in [0, 0.05) is 40.9 Å². The summed E-state index contributed by atoms with van der Waals surface area (Å²) in [6.07, 6.45) is 15.6. The molecule has 296 valence electrons. The number of benzene rings is 1. The highest BCUT2D eigenvalue weighted by molar-refractivity contribution is 7.98. The van der Waals surface area contributed by atoms with E-state index in [1.807, 2.05) is 37.4 Å². The molecule has 3 atom stereocenters. The maximum absolute atomic E-state index is 12.0. The number of alkyl carbamates (subject to hydrolysis) is 1. The van der Waals surface area contributed by atoms with Crippen LogP contribution in [0.15, 0.2) is 46.7 Å². The third-order valence-corrected chi connectivity index (χ3v) is 10.9. The maximum atomic E-state index is 12.0. The van der Waals surface area contributed by atoms with Crippen LogP contribution in [0.5, 0.6) is 0 Å². The summed E-state index contributed by atoms with van der Waals surface area (Å²) < 4.78 is 9.77. The summed E-state index contributed by atoms with van der Waals surface area (Å²) in [6, 6.07) is 5.49. The van der Waals surface area contributed by atoms with Gasteiger partial charge in [-0.15, -0.1) is 11.3 Å². The van der Waals surface area contributed by atoms with Crippen LogP contribution >= 0.6 is 23.3 Å². The van der Waals surface area contributed by atoms with Crippen molar-refractivity contribution in [3.05, 3.63) is 52.4 Å². The average molecular weight is 784 g/mol. The lowest BCUT2D eigenvalue weighted by atomic mass is 10.2. The van der Waals surface area contributed by atoms with E-state index in [1.165, 1.54) is 43.4 Å². The van der Waals surface area contributed by atoms with Crippen LogP contribution in [0.3, 0.4) is 0 Å². The van der Waals surface area contributed by atoms with E-state index >= 15 is 0 Å². The second-order valence-corrected chi connectivity index (χ2v) is 17.1. The fourth-order valence-electron chi connectivity index (χ4n) is 6.04. The van der Waals surface area contributed by atoms with Crippen molar-refractivity contribution >= 4 is 58.1 Å². The molecule has 1 aliphatic heterocycles. The Morgan fingerprint density at radius 3 is 2.56 bits per heavy atom. The SMILES string of the molecule is CC(C)(C)OC(=O)NCC(=O)N1CCCC1C(N)=O.CC(C)n1c(=O)[nH]c2c(-c3nccs3)cccc21.CCCCC/C=C\C1C[C@@H]1C(=O)NSC1CC1. The molecule has 2 aliphatic carbocycles. The van der Waals surface area contributed by atoms with Crippen molar-refractivity contribution in [1.82, 2.24) is 29.5 Å². The number of H-pyrrole nitrogens is 1. The van der Waals surface area contributed by atoms with E-state index in [1.54, 1.807) is 54.8 Å². The molecule has 3 fully saturated rings. The van der Waals surface area contributed by atoms with Gasteiger partial charge in [-0.2, -0.15) is 0 Å². The number of ether oxygens (including phenoxy) is 1. The Kier molecular flexibility index (Phi) is 15.8. The fourth-order valence-corrected chi connectivity index (χ4v) is 7.51. The summed E-state index contributed by atoms with van der Waals surface area (Å²) in [4.78, 5) is 66.8. The highest BCUT2D eigenvalue weighted by atomic mass is 32.2. The monoisotopic (exact) mass is 783 g/mol. The number of hydrogen-bond donors (Lipinski definition) is 4. The van der Waals surface area contributed by atoms with E-state index in [4.69, 9.17) is 10.5 Å². The van der Waals surface area contributed by atoms with Gasteiger partial charge >= 0.3 is 11.8 Å². The minimum Gasteiger partial charge on any atom is -0.444 e. The van der Waals surface area contributed by atoms with Gasteiger partial charge < -0.3 is 25.7 Å². The van der Waals surface area contributed by atoms with Gasteiger partial charge in [-0.1, -0.05) is 38.0 Å². The first-order chi connectivity index (χ1) is 25.7. The van der Waals surface area contributed by atoms with Crippen molar-refractivity contribution in [1.29, 1.82) is 0 Å². The lowest BCUT2D eigenvalue weighted by Crippen LogP contribution is -2.48. The first-order valence-electron chi connectivity index (χ1n) is 19.0. The van der Waals surface area contributed by atoms with Crippen molar-refractivity contribution in [2.24, 2.45) is 17.6 Å². The minimum absolute atomic E-state index is 0.0657. The zero-order valence-electron chi connectivity index (χ0n) is 32.4. The number of nitrogens with one attached hydrogen (secondary N) is 3. The molecule has 4 amide bonds. The van der Waals surface area contributed by atoms with Crippen LogP contribution in [-0.4, -0.2) is 73.2 Å². The number of hydrogen-bond acceptors (Lipinski definition) is 9. The van der Waals surface area contributed by atoms with Crippen LogP contribution in [-0.2, 0) is 19.1 Å². The first kappa shape index (κ1) is 42.6. The second-order valence-electron chi connectivity index (χ2n) is 15.1. The zero-order valence-corrected chi connectivity index (χ0v) is 34.0. The Bertz CT molecular complexity index is 1790. The number of unbranched alkanes of at least 4 members (excludes halogenated alkanes) is 3. The van der Waals surface area contributed by atoms with Gasteiger partial charge in [0.15, 0.2) is 0 Å². The molecule has 0 spiro atoms. The summed E-state index contributed by atoms with van der Waals surface area (Å²) in [5.74, 6) is 0.209. The highest BCUT2D eigenvalue weighted by Crippen LogP contribution is 2.41. The number of aromatic amines is 1. The van der Waals surface area contributed by atoms with Crippen LogP contribution in [0.25, 0.3) is 21.6 Å². The molecule has 0 radical (unpaired) electrons. The molecule has 5 N–H and O–H groups in total. The largest absolute Gasteiger partial charge is 0.444 e. The van der Waals surface area contributed by atoms with Gasteiger partial charge in [0.1, 0.15) is 23.2 Å². The number of nitrogens with zero attached hydrogens (tertiary/aromatic N) is 3. The number of allylic oxidation sites excluding steroid dienone is 2. The molecule has 54 heavy (non-hydrogen) atoms. The number of para-hydroxylation sites is 1. The van der Waals surface area contributed by atoms with Crippen molar-refractivity contribution in [2.45, 2.75) is 122 Å². The molecule has 1 aromatic carbocycles. The van der Waals surface area contributed by atoms with Gasteiger partial charge in [0.05, 0.1) is 11.0 Å². The Balaban J connectivity index is 0.000000181. The quantitative estimate of drug-likeness (QED) is 0.0839. The zero-order chi connectivity index (χ0) is 39.4. The minimum atomic E-state index is -0.657. The predicted octanol–water partition coefficient (Wildman–Crippen LogP) is 6.71. The Morgan fingerprint density at radius 1 is 1.17 bits per heavy atom. The number of carbonyl (C=O) groups is 4. The summed E-state index contributed by atoms with van der Waals surface area (Å²) in [5, 5.41) is 5.94. The number of aromatic nitrogens is 3. The summed E-state index contributed by atoms with van der Waals surface area (Å²) >= 11 is 3.20. The van der Waals surface area contributed by atoms with E-state index < -0.39 is 23.6 Å². The van der Waals surface area contributed by atoms with Gasteiger partial charge in [-0.3, -0.25) is 23.7 Å². The Hall–Kier alpha value is -4.11.